The summed E-state index contributed by atoms with van der Waals surface area (Å²) in [7, 11) is 3.74. The summed E-state index contributed by atoms with van der Waals surface area (Å²) in [6.45, 7) is 5.09. The van der Waals surface area contributed by atoms with Crippen molar-refractivity contribution in [1.29, 1.82) is 0 Å². The van der Waals surface area contributed by atoms with Gasteiger partial charge in [-0.2, -0.15) is 0 Å². The summed E-state index contributed by atoms with van der Waals surface area (Å²) in [5, 5.41) is 3.41. The molecule has 1 aromatic rings. The minimum absolute atomic E-state index is 0.267. The third-order valence-corrected chi connectivity index (χ3v) is 3.94. The highest BCUT2D eigenvalue weighted by Gasteiger charge is 2.25. The molecule has 0 aromatic heterocycles. The Labute approximate surface area is 116 Å². The van der Waals surface area contributed by atoms with E-state index in [0.717, 1.165) is 18.8 Å². The van der Waals surface area contributed by atoms with E-state index < -0.39 is 0 Å². The van der Waals surface area contributed by atoms with E-state index in [0.29, 0.717) is 0 Å². The van der Waals surface area contributed by atoms with Gasteiger partial charge >= 0.3 is 0 Å². The quantitative estimate of drug-likeness (QED) is 0.905. The number of likely N-dealkylation sites (N-methyl/N-ethyl adjacent to an activating group) is 1. The number of benzene rings is 1. The van der Waals surface area contributed by atoms with Crippen LogP contribution in [0.3, 0.4) is 0 Å². The minimum atomic E-state index is 0.267. The minimum Gasteiger partial charge on any atom is -0.496 e. The molecule has 106 valence electrons. The molecular formula is C16H25NO2. The van der Waals surface area contributed by atoms with Crippen LogP contribution in [0.4, 0.5) is 0 Å². The first-order chi connectivity index (χ1) is 9.17. The second kappa shape index (κ2) is 6.40. The molecule has 2 atom stereocenters. The molecule has 0 spiro atoms. The van der Waals surface area contributed by atoms with E-state index >= 15 is 0 Å². The molecule has 0 amide bonds. The molecule has 1 aliphatic rings. The average Bonchev–Trinajstić information content (AvgIpc) is 2.40. The van der Waals surface area contributed by atoms with Crippen LogP contribution in [0, 0.1) is 13.8 Å². The van der Waals surface area contributed by atoms with Crippen molar-refractivity contribution in [2.75, 3.05) is 20.8 Å². The number of methoxy groups -OCH3 is 1. The smallest absolute Gasteiger partial charge is 0.124 e. The molecule has 3 heteroatoms. The van der Waals surface area contributed by atoms with Crippen LogP contribution in [0.25, 0.3) is 0 Å². The van der Waals surface area contributed by atoms with Crippen molar-refractivity contribution in [1.82, 2.24) is 5.32 Å². The number of aryl methyl sites for hydroxylation is 2. The average molecular weight is 263 g/mol. The summed E-state index contributed by atoms with van der Waals surface area (Å²) in [5.41, 5.74) is 3.67. The van der Waals surface area contributed by atoms with Crippen LogP contribution < -0.4 is 10.1 Å². The number of rotatable bonds is 4. The third-order valence-electron chi connectivity index (χ3n) is 3.94. The lowest BCUT2D eigenvalue weighted by molar-refractivity contribution is -0.00664. The molecule has 2 rings (SSSR count). The Morgan fingerprint density at radius 1 is 1.26 bits per heavy atom. The lowest BCUT2D eigenvalue weighted by Crippen LogP contribution is -2.34. The largest absolute Gasteiger partial charge is 0.496 e. The standard InChI is InChI=1S/C16H25NO2/c1-11-9-13(10-12(2)16(11)18-4)15(17-3)14-7-5-6-8-19-14/h9-10,14-15,17H,5-8H2,1-4H3. The molecule has 0 radical (unpaired) electrons. The SMILES string of the molecule is CNC(c1cc(C)c(OC)c(C)c1)C1CCCCO1. The molecule has 0 saturated carbocycles. The number of hydrogen-bond donors (Lipinski definition) is 1. The van der Waals surface area contributed by atoms with Crippen LogP contribution in [0.2, 0.25) is 0 Å². The normalized spacial score (nSPS) is 21.2. The van der Waals surface area contributed by atoms with Crippen LogP contribution >= 0.6 is 0 Å². The molecule has 1 saturated heterocycles. The Bertz CT molecular complexity index is 402. The van der Waals surface area contributed by atoms with Gasteiger partial charge in [-0.25, -0.2) is 0 Å². The van der Waals surface area contributed by atoms with Crippen LogP contribution in [0.15, 0.2) is 12.1 Å². The maximum atomic E-state index is 5.93. The first-order valence-electron chi connectivity index (χ1n) is 7.11. The highest BCUT2D eigenvalue weighted by molar-refractivity contribution is 5.44. The highest BCUT2D eigenvalue weighted by Crippen LogP contribution is 2.31. The predicted molar refractivity (Wildman–Crippen MR) is 77.9 cm³/mol. The fourth-order valence-corrected chi connectivity index (χ4v) is 3.08. The lowest BCUT2D eigenvalue weighted by atomic mass is 9.93. The molecule has 1 aliphatic heterocycles. The predicted octanol–water partition coefficient (Wildman–Crippen LogP) is 3.14. The van der Waals surface area contributed by atoms with E-state index in [-0.39, 0.29) is 12.1 Å². The van der Waals surface area contributed by atoms with Crippen molar-refractivity contribution in [3.63, 3.8) is 0 Å². The summed E-state index contributed by atoms with van der Waals surface area (Å²) < 4.78 is 11.4. The first-order valence-corrected chi connectivity index (χ1v) is 7.11. The summed E-state index contributed by atoms with van der Waals surface area (Å²) in [6, 6.07) is 4.69. The van der Waals surface area contributed by atoms with Crippen LogP contribution in [0.1, 0.15) is 42.0 Å². The summed E-state index contributed by atoms with van der Waals surface area (Å²) in [5.74, 6) is 0.989. The maximum Gasteiger partial charge on any atom is 0.124 e. The molecule has 1 aromatic carbocycles. The van der Waals surface area contributed by atoms with Crippen molar-refractivity contribution in [3.8, 4) is 5.75 Å². The van der Waals surface area contributed by atoms with E-state index in [1.807, 2.05) is 7.05 Å². The van der Waals surface area contributed by atoms with Gasteiger partial charge in [0.05, 0.1) is 19.3 Å². The molecule has 1 fully saturated rings. The Kier molecular flexibility index (Phi) is 4.83. The summed E-state index contributed by atoms with van der Waals surface area (Å²) in [6.07, 6.45) is 3.87. The van der Waals surface area contributed by atoms with Gasteiger partial charge in [0.25, 0.3) is 0 Å². The zero-order valence-corrected chi connectivity index (χ0v) is 12.5. The molecule has 0 bridgehead atoms. The van der Waals surface area contributed by atoms with E-state index in [4.69, 9.17) is 9.47 Å². The molecule has 1 N–H and O–H groups in total. The number of ether oxygens (including phenoxy) is 2. The number of hydrogen-bond acceptors (Lipinski definition) is 3. The van der Waals surface area contributed by atoms with Gasteiger partial charge in [0.1, 0.15) is 5.75 Å². The van der Waals surface area contributed by atoms with Gasteiger partial charge in [0.2, 0.25) is 0 Å². The van der Waals surface area contributed by atoms with Crippen molar-refractivity contribution >= 4 is 0 Å². The van der Waals surface area contributed by atoms with Crippen molar-refractivity contribution in [2.45, 2.75) is 45.3 Å². The van der Waals surface area contributed by atoms with Gasteiger partial charge in [0.15, 0.2) is 0 Å². The van der Waals surface area contributed by atoms with Crippen molar-refractivity contribution < 1.29 is 9.47 Å². The summed E-state index contributed by atoms with van der Waals surface area (Å²) >= 11 is 0. The van der Waals surface area contributed by atoms with Crippen LogP contribution in [-0.4, -0.2) is 26.9 Å². The van der Waals surface area contributed by atoms with E-state index in [1.165, 1.54) is 29.5 Å². The Balaban J connectivity index is 2.27. The monoisotopic (exact) mass is 263 g/mol. The van der Waals surface area contributed by atoms with Gasteiger partial charge in [0, 0.05) is 6.61 Å². The van der Waals surface area contributed by atoms with Gasteiger partial charge in [-0.1, -0.05) is 12.1 Å². The van der Waals surface area contributed by atoms with E-state index in [1.54, 1.807) is 7.11 Å². The lowest BCUT2D eigenvalue weighted by Gasteiger charge is -2.31. The van der Waals surface area contributed by atoms with Gasteiger partial charge in [-0.05, 0) is 56.8 Å². The zero-order chi connectivity index (χ0) is 13.8. The Morgan fingerprint density at radius 3 is 2.42 bits per heavy atom. The first kappa shape index (κ1) is 14.4. The molecule has 0 aliphatic carbocycles. The van der Waals surface area contributed by atoms with Crippen molar-refractivity contribution in [3.05, 3.63) is 28.8 Å². The molecule has 2 unspecified atom stereocenters. The number of nitrogens with one attached hydrogen (secondary N) is 1. The Morgan fingerprint density at radius 2 is 1.95 bits per heavy atom. The molecular weight excluding hydrogens is 238 g/mol. The van der Waals surface area contributed by atoms with E-state index in [9.17, 15) is 0 Å². The van der Waals surface area contributed by atoms with Gasteiger partial charge in [-0.3, -0.25) is 0 Å². The van der Waals surface area contributed by atoms with Crippen LogP contribution in [0.5, 0.6) is 5.75 Å². The third kappa shape index (κ3) is 3.10. The molecule has 19 heavy (non-hydrogen) atoms. The van der Waals surface area contributed by atoms with Crippen LogP contribution in [-0.2, 0) is 4.74 Å². The zero-order valence-electron chi connectivity index (χ0n) is 12.5. The molecule has 1 heterocycles. The van der Waals surface area contributed by atoms with E-state index in [2.05, 4.69) is 31.3 Å². The summed E-state index contributed by atoms with van der Waals surface area (Å²) in [4.78, 5) is 0. The maximum absolute atomic E-state index is 5.93. The van der Waals surface area contributed by atoms with Gasteiger partial charge < -0.3 is 14.8 Å². The second-order valence-corrected chi connectivity index (χ2v) is 5.36. The Hall–Kier alpha value is -1.06. The van der Waals surface area contributed by atoms with Gasteiger partial charge in [-0.15, -0.1) is 0 Å². The highest BCUT2D eigenvalue weighted by atomic mass is 16.5. The van der Waals surface area contributed by atoms with Crippen molar-refractivity contribution in [2.24, 2.45) is 0 Å². The fraction of sp³-hybridized carbons (Fsp3) is 0.625. The topological polar surface area (TPSA) is 30.5 Å². The second-order valence-electron chi connectivity index (χ2n) is 5.36. The fourth-order valence-electron chi connectivity index (χ4n) is 3.08. The molecule has 3 nitrogen and oxygen atoms in total.